The van der Waals surface area contributed by atoms with Gasteiger partial charge in [0.25, 0.3) is 0 Å². The van der Waals surface area contributed by atoms with E-state index < -0.39 is 0 Å². The molecule has 2 aliphatic carbocycles. The van der Waals surface area contributed by atoms with Gasteiger partial charge in [-0.3, -0.25) is 0 Å². The van der Waals surface area contributed by atoms with E-state index in [1.807, 2.05) is 0 Å². The van der Waals surface area contributed by atoms with Gasteiger partial charge in [-0.1, -0.05) is 180 Å². The monoisotopic (exact) mass is 538 g/mol. The van der Waals surface area contributed by atoms with Crippen molar-refractivity contribution in [3.8, 4) is 22.3 Å². The quantitative estimate of drug-likeness (QED) is 0.196. The molecule has 42 heavy (non-hydrogen) atoms. The highest BCUT2D eigenvalue weighted by atomic mass is 14.3. The number of hydrogen-bond donors (Lipinski definition) is 0. The average Bonchev–Trinajstić information content (AvgIpc) is 3.04. The van der Waals surface area contributed by atoms with Gasteiger partial charge in [-0.25, -0.2) is 0 Å². The minimum absolute atomic E-state index is 0.00517. The number of allylic oxidation sites excluding steroid dienone is 8. The Hall–Kier alpha value is -4.62. The molecule has 0 unspecified atom stereocenters. The maximum atomic E-state index is 2.46. The molecule has 0 N–H and O–H groups in total. The van der Waals surface area contributed by atoms with Crippen LogP contribution in [0, 0.1) is 12.3 Å². The molecule has 0 bridgehead atoms. The van der Waals surface area contributed by atoms with Crippen molar-refractivity contribution in [2.75, 3.05) is 0 Å². The van der Waals surface area contributed by atoms with Crippen molar-refractivity contribution in [3.05, 3.63) is 168 Å². The van der Waals surface area contributed by atoms with Gasteiger partial charge in [0.1, 0.15) is 0 Å². The third-order valence-electron chi connectivity index (χ3n) is 9.31. The van der Waals surface area contributed by atoms with Crippen LogP contribution in [-0.2, 0) is 0 Å². The fourth-order valence-electron chi connectivity index (χ4n) is 6.99. The smallest absolute Gasteiger partial charge is 0.0809 e. The Labute approximate surface area is 250 Å². The standard InChI is InChI=1S/C41H35B/c1-29-19-20-34-14-7-8-17-37(34)39(29)42(40-30(2)25-27-41(3)26-10-9-18-38(40)41)36-16-11-15-35(28-36)33-23-21-32(22-24-33)31-12-5-4-6-13-31/h4-26,28H,27H2,1-3H3/t41-/m1/s1. The molecule has 0 radical (unpaired) electrons. The first-order valence-electron chi connectivity index (χ1n) is 15.0. The molecule has 1 heteroatoms. The van der Waals surface area contributed by atoms with E-state index in [2.05, 4.69) is 166 Å². The van der Waals surface area contributed by atoms with Crippen LogP contribution in [0.25, 0.3) is 33.0 Å². The van der Waals surface area contributed by atoms with Gasteiger partial charge in [-0.2, -0.15) is 0 Å². The molecular weight excluding hydrogens is 503 g/mol. The van der Waals surface area contributed by atoms with Gasteiger partial charge < -0.3 is 0 Å². The summed E-state index contributed by atoms with van der Waals surface area (Å²) in [5.41, 5.74) is 13.3. The van der Waals surface area contributed by atoms with Gasteiger partial charge in [0.2, 0.25) is 6.71 Å². The summed E-state index contributed by atoms with van der Waals surface area (Å²) in [6.45, 7) is 7.10. The Morgan fingerprint density at radius 2 is 1.33 bits per heavy atom. The van der Waals surface area contributed by atoms with Crippen LogP contribution in [0.1, 0.15) is 25.8 Å². The van der Waals surface area contributed by atoms with E-state index in [9.17, 15) is 0 Å². The highest BCUT2D eigenvalue weighted by Gasteiger charge is 2.38. The molecule has 0 fully saturated rings. The van der Waals surface area contributed by atoms with Gasteiger partial charge in [0.05, 0.1) is 0 Å². The fourth-order valence-corrected chi connectivity index (χ4v) is 6.99. The third kappa shape index (κ3) is 4.60. The molecule has 0 amide bonds. The first-order valence-corrected chi connectivity index (χ1v) is 15.0. The number of rotatable bonds is 5. The molecule has 7 rings (SSSR count). The van der Waals surface area contributed by atoms with Crippen LogP contribution in [0.2, 0.25) is 0 Å². The Morgan fingerprint density at radius 3 is 2.14 bits per heavy atom. The van der Waals surface area contributed by atoms with Crippen molar-refractivity contribution in [2.45, 2.75) is 27.2 Å². The predicted molar refractivity (Wildman–Crippen MR) is 183 cm³/mol. The van der Waals surface area contributed by atoms with Crippen LogP contribution < -0.4 is 10.9 Å². The van der Waals surface area contributed by atoms with Crippen LogP contribution in [-0.4, -0.2) is 6.71 Å². The minimum Gasteiger partial charge on any atom is -0.0809 e. The highest BCUT2D eigenvalue weighted by molar-refractivity contribution is 6.93. The van der Waals surface area contributed by atoms with Gasteiger partial charge in [-0.05, 0) is 58.9 Å². The van der Waals surface area contributed by atoms with Crippen LogP contribution in [0.5, 0.6) is 0 Å². The molecule has 2 aliphatic rings. The average molecular weight is 539 g/mol. The minimum atomic E-state index is 0.00517. The van der Waals surface area contributed by atoms with Crippen LogP contribution in [0.4, 0.5) is 0 Å². The van der Waals surface area contributed by atoms with Gasteiger partial charge in [-0.15, -0.1) is 0 Å². The fraction of sp³-hybridized carbons (Fsp3) is 0.122. The summed E-state index contributed by atoms with van der Waals surface area (Å²) in [6, 6.07) is 42.3. The maximum Gasteiger partial charge on any atom is 0.243 e. The van der Waals surface area contributed by atoms with Crippen molar-refractivity contribution in [1.82, 2.24) is 0 Å². The molecule has 0 saturated carbocycles. The Kier molecular flexibility index (Phi) is 6.67. The van der Waals surface area contributed by atoms with Crippen molar-refractivity contribution in [2.24, 2.45) is 5.41 Å². The molecule has 5 aromatic carbocycles. The van der Waals surface area contributed by atoms with Crippen molar-refractivity contribution >= 4 is 28.4 Å². The number of hydrogen-bond acceptors (Lipinski definition) is 0. The van der Waals surface area contributed by atoms with Crippen LogP contribution >= 0.6 is 0 Å². The van der Waals surface area contributed by atoms with Crippen LogP contribution in [0.3, 0.4) is 0 Å². The normalized spacial score (nSPS) is 17.7. The van der Waals surface area contributed by atoms with E-state index in [1.54, 1.807) is 0 Å². The van der Waals surface area contributed by atoms with E-state index in [1.165, 1.54) is 66.1 Å². The SMILES string of the molecule is CC1=CC[C@@]2(C)C=CC=CC2=C1B(c1cccc(-c2ccc(-c3ccccc3)cc2)c1)c1c(C)ccc2ccccc12. The Morgan fingerprint density at radius 1 is 0.643 bits per heavy atom. The summed E-state index contributed by atoms with van der Waals surface area (Å²) in [5, 5.41) is 2.63. The number of aryl methyl sites for hydroxylation is 1. The van der Waals surface area contributed by atoms with Gasteiger partial charge in [0, 0.05) is 5.41 Å². The first kappa shape index (κ1) is 26.3. The zero-order valence-corrected chi connectivity index (χ0v) is 24.6. The van der Waals surface area contributed by atoms with E-state index in [0.29, 0.717) is 0 Å². The second-order valence-corrected chi connectivity index (χ2v) is 12.1. The van der Waals surface area contributed by atoms with Crippen molar-refractivity contribution in [3.63, 3.8) is 0 Å². The van der Waals surface area contributed by atoms with E-state index in [-0.39, 0.29) is 12.1 Å². The maximum absolute atomic E-state index is 2.46. The van der Waals surface area contributed by atoms with Crippen molar-refractivity contribution < 1.29 is 0 Å². The lowest BCUT2D eigenvalue weighted by Crippen LogP contribution is -2.48. The van der Waals surface area contributed by atoms with E-state index in [0.717, 1.165) is 6.42 Å². The summed E-state index contributed by atoms with van der Waals surface area (Å²) < 4.78 is 0. The molecule has 0 saturated heterocycles. The largest absolute Gasteiger partial charge is 0.243 e. The molecule has 202 valence electrons. The van der Waals surface area contributed by atoms with Gasteiger partial charge in [0.15, 0.2) is 0 Å². The van der Waals surface area contributed by atoms with Gasteiger partial charge >= 0.3 is 0 Å². The second kappa shape index (κ2) is 10.7. The summed E-state index contributed by atoms with van der Waals surface area (Å²) >= 11 is 0. The first-order chi connectivity index (χ1) is 20.5. The summed E-state index contributed by atoms with van der Waals surface area (Å²) in [7, 11) is 0. The zero-order valence-electron chi connectivity index (χ0n) is 24.6. The molecule has 0 aromatic heterocycles. The predicted octanol–water partition coefficient (Wildman–Crippen LogP) is 9.41. The molecular formula is C41H35B. The summed E-state index contributed by atoms with van der Waals surface area (Å²) in [4.78, 5) is 0. The third-order valence-corrected chi connectivity index (χ3v) is 9.31. The lowest BCUT2D eigenvalue weighted by atomic mass is 9.32. The lowest BCUT2D eigenvalue weighted by Gasteiger charge is -2.38. The molecule has 0 spiro atoms. The topological polar surface area (TPSA) is 0 Å². The lowest BCUT2D eigenvalue weighted by molar-refractivity contribution is 0.521. The van der Waals surface area contributed by atoms with E-state index in [4.69, 9.17) is 0 Å². The molecule has 0 heterocycles. The molecule has 1 atom stereocenters. The number of fused-ring (bicyclic) bond motifs is 2. The second-order valence-electron chi connectivity index (χ2n) is 12.1. The zero-order chi connectivity index (χ0) is 28.7. The molecule has 0 aliphatic heterocycles. The molecule has 0 nitrogen and oxygen atoms in total. The summed E-state index contributed by atoms with van der Waals surface area (Å²) in [6.07, 6.45) is 12.7. The van der Waals surface area contributed by atoms with Crippen molar-refractivity contribution in [1.29, 1.82) is 0 Å². The Balaban J connectivity index is 1.43. The number of benzene rings is 5. The summed E-state index contributed by atoms with van der Waals surface area (Å²) in [5.74, 6) is 0. The highest BCUT2D eigenvalue weighted by Crippen LogP contribution is 2.44. The molecule has 5 aromatic rings. The Bertz CT molecular complexity index is 1920. The van der Waals surface area contributed by atoms with E-state index >= 15 is 0 Å². The van der Waals surface area contributed by atoms with Crippen LogP contribution in [0.15, 0.2) is 162 Å².